The molecule has 1 heterocycles. The number of hydrogen-bond acceptors (Lipinski definition) is 3. The Kier molecular flexibility index (Phi) is 4.95. The molecule has 29 heavy (non-hydrogen) atoms. The first-order valence-corrected chi connectivity index (χ1v) is 8.91. The lowest BCUT2D eigenvalue weighted by Gasteiger charge is -2.07. The van der Waals surface area contributed by atoms with Gasteiger partial charge in [-0.1, -0.05) is 30.3 Å². The summed E-state index contributed by atoms with van der Waals surface area (Å²) in [4.78, 5) is 12.8. The second-order valence-electron chi connectivity index (χ2n) is 6.41. The fourth-order valence-corrected chi connectivity index (χ4v) is 3.16. The third-order valence-electron chi connectivity index (χ3n) is 4.52. The van der Waals surface area contributed by atoms with Crippen molar-refractivity contribution in [2.75, 3.05) is 7.11 Å². The molecule has 1 aromatic heterocycles. The highest BCUT2D eigenvalue weighted by molar-refractivity contribution is 5.98. The molecule has 7 heteroatoms. The number of benzene rings is 3. The largest absolute Gasteiger partial charge is 0.497 e. The molecule has 0 bridgehead atoms. The van der Waals surface area contributed by atoms with E-state index >= 15 is 0 Å². The van der Waals surface area contributed by atoms with E-state index in [0.29, 0.717) is 16.8 Å². The normalized spacial score (nSPS) is 10.9. The van der Waals surface area contributed by atoms with Crippen LogP contribution in [0.3, 0.4) is 0 Å². The number of ether oxygens (including phenoxy) is 1. The highest BCUT2D eigenvalue weighted by Gasteiger charge is 2.20. The van der Waals surface area contributed by atoms with E-state index in [0.717, 1.165) is 10.2 Å². The van der Waals surface area contributed by atoms with Crippen LogP contribution in [0.4, 0.5) is 13.6 Å². The summed E-state index contributed by atoms with van der Waals surface area (Å²) in [6, 6.07) is 16.8. The van der Waals surface area contributed by atoms with Crippen LogP contribution in [0.1, 0.15) is 5.56 Å². The highest BCUT2D eigenvalue weighted by Crippen LogP contribution is 2.30. The van der Waals surface area contributed by atoms with Crippen LogP contribution in [0.5, 0.6) is 5.75 Å². The van der Waals surface area contributed by atoms with Crippen LogP contribution in [0.25, 0.3) is 22.2 Å². The zero-order valence-corrected chi connectivity index (χ0v) is 15.5. The fourth-order valence-electron chi connectivity index (χ4n) is 3.16. The molecule has 1 amide bonds. The van der Waals surface area contributed by atoms with Gasteiger partial charge in [-0.05, 0) is 42.0 Å². The molecular formula is C22H17F2N3O2. The quantitative estimate of drug-likeness (QED) is 0.545. The minimum Gasteiger partial charge on any atom is -0.497 e. The molecule has 146 valence electrons. The summed E-state index contributed by atoms with van der Waals surface area (Å²) in [6.45, 7) is 0.238. The molecule has 0 atom stereocenters. The number of carbonyl (C=O) groups excluding carboxylic acids is 1. The van der Waals surface area contributed by atoms with Crippen molar-refractivity contribution in [1.29, 1.82) is 0 Å². The van der Waals surface area contributed by atoms with Gasteiger partial charge >= 0.3 is 6.03 Å². The lowest BCUT2D eigenvalue weighted by molar-refractivity contribution is 0.240. The number of rotatable bonds is 4. The van der Waals surface area contributed by atoms with Gasteiger partial charge in [0.05, 0.1) is 18.0 Å². The second kappa shape index (κ2) is 7.71. The molecule has 0 fully saturated rings. The number of methoxy groups -OCH3 is 1. The van der Waals surface area contributed by atoms with Crippen LogP contribution in [0.2, 0.25) is 0 Å². The van der Waals surface area contributed by atoms with Crippen LogP contribution < -0.4 is 10.1 Å². The molecule has 0 saturated heterocycles. The van der Waals surface area contributed by atoms with Gasteiger partial charge in [0.25, 0.3) is 0 Å². The number of fused-ring (bicyclic) bond motifs is 1. The molecule has 0 aliphatic carbocycles. The molecule has 0 aliphatic rings. The summed E-state index contributed by atoms with van der Waals surface area (Å²) in [5.74, 6) is -0.325. The van der Waals surface area contributed by atoms with Crippen molar-refractivity contribution in [3.8, 4) is 17.0 Å². The van der Waals surface area contributed by atoms with Crippen molar-refractivity contribution >= 4 is 16.9 Å². The van der Waals surface area contributed by atoms with Gasteiger partial charge in [-0.15, -0.1) is 0 Å². The zero-order chi connectivity index (χ0) is 20.4. The van der Waals surface area contributed by atoms with Gasteiger partial charge in [0.15, 0.2) is 0 Å². The number of carbonyl (C=O) groups is 1. The van der Waals surface area contributed by atoms with Crippen molar-refractivity contribution in [2.45, 2.75) is 6.54 Å². The number of halogens is 2. The maximum absolute atomic E-state index is 14.6. The van der Waals surface area contributed by atoms with Crippen LogP contribution in [-0.2, 0) is 6.54 Å². The van der Waals surface area contributed by atoms with E-state index in [1.54, 1.807) is 31.4 Å². The SMILES string of the molecule is COc1cccc(CNC(=O)n2nc(-c3cccc(F)c3)c3c(F)cccc32)c1. The summed E-state index contributed by atoms with van der Waals surface area (Å²) in [6.07, 6.45) is 0. The average molecular weight is 393 g/mol. The standard InChI is InChI=1S/C22H17F2N3O2/c1-29-17-8-2-5-14(11-17)13-25-22(28)27-19-10-4-9-18(24)20(19)21(26-27)15-6-3-7-16(23)12-15/h2-12H,13H2,1H3,(H,25,28). The van der Waals surface area contributed by atoms with E-state index < -0.39 is 17.7 Å². The van der Waals surface area contributed by atoms with Gasteiger partial charge in [-0.3, -0.25) is 0 Å². The predicted molar refractivity (Wildman–Crippen MR) is 106 cm³/mol. The second-order valence-corrected chi connectivity index (χ2v) is 6.41. The van der Waals surface area contributed by atoms with Crippen LogP contribution in [-0.4, -0.2) is 22.9 Å². The first-order valence-electron chi connectivity index (χ1n) is 8.91. The highest BCUT2D eigenvalue weighted by atomic mass is 19.1. The van der Waals surface area contributed by atoms with Crippen molar-refractivity contribution in [1.82, 2.24) is 15.1 Å². The maximum atomic E-state index is 14.6. The van der Waals surface area contributed by atoms with E-state index in [-0.39, 0.29) is 17.6 Å². The molecule has 3 aromatic carbocycles. The number of aromatic nitrogens is 2. The van der Waals surface area contributed by atoms with E-state index in [1.165, 1.54) is 30.3 Å². The Morgan fingerprint density at radius 2 is 1.86 bits per heavy atom. The number of hydrogen-bond donors (Lipinski definition) is 1. The van der Waals surface area contributed by atoms with Crippen molar-refractivity contribution in [3.63, 3.8) is 0 Å². The Balaban J connectivity index is 1.70. The Hall–Kier alpha value is -3.74. The summed E-state index contributed by atoms with van der Waals surface area (Å²) >= 11 is 0. The third-order valence-corrected chi connectivity index (χ3v) is 4.52. The molecule has 5 nitrogen and oxygen atoms in total. The average Bonchev–Trinajstić information content (AvgIpc) is 3.13. The van der Waals surface area contributed by atoms with Crippen molar-refractivity contribution < 1.29 is 18.3 Å². The van der Waals surface area contributed by atoms with E-state index in [2.05, 4.69) is 10.4 Å². The molecule has 0 unspecified atom stereocenters. The Bertz CT molecular complexity index is 1200. The summed E-state index contributed by atoms with van der Waals surface area (Å²) in [5, 5.41) is 7.21. The molecule has 0 radical (unpaired) electrons. The number of nitrogens with one attached hydrogen (secondary N) is 1. The van der Waals surface area contributed by atoms with Gasteiger partial charge < -0.3 is 10.1 Å². The van der Waals surface area contributed by atoms with Gasteiger partial charge in [0.2, 0.25) is 0 Å². The van der Waals surface area contributed by atoms with E-state index in [1.807, 2.05) is 12.1 Å². The molecule has 4 aromatic rings. The Morgan fingerprint density at radius 3 is 2.66 bits per heavy atom. The first-order chi connectivity index (χ1) is 14.1. The number of amides is 1. The first kappa shape index (κ1) is 18.6. The van der Waals surface area contributed by atoms with Gasteiger partial charge in [-0.25, -0.2) is 13.6 Å². The number of nitrogens with zero attached hydrogens (tertiary/aromatic N) is 2. The summed E-state index contributed by atoms with van der Waals surface area (Å²) in [7, 11) is 1.57. The maximum Gasteiger partial charge on any atom is 0.342 e. The monoisotopic (exact) mass is 393 g/mol. The minimum atomic E-state index is -0.534. The minimum absolute atomic E-state index is 0.162. The molecule has 0 spiro atoms. The molecule has 1 N–H and O–H groups in total. The van der Waals surface area contributed by atoms with Crippen LogP contribution in [0.15, 0.2) is 66.7 Å². The predicted octanol–water partition coefficient (Wildman–Crippen LogP) is 4.75. The van der Waals surface area contributed by atoms with E-state index in [4.69, 9.17) is 4.74 Å². The van der Waals surface area contributed by atoms with Crippen molar-refractivity contribution in [3.05, 3.63) is 83.9 Å². The topological polar surface area (TPSA) is 56.1 Å². The van der Waals surface area contributed by atoms with Crippen molar-refractivity contribution in [2.24, 2.45) is 0 Å². The van der Waals surface area contributed by atoms with Gasteiger partial charge in [0.1, 0.15) is 23.1 Å². The molecule has 0 saturated carbocycles. The fraction of sp³-hybridized carbons (Fsp3) is 0.0909. The third kappa shape index (κ3) is 3.67. The van der Waals surface area contributed by atoms with Crippen LogP contribution >= 0.6 is 0 Å². The summed E-state index contributed by atoms with van der Waals surface area (Å²) < 4.78 is 34.5. The summed E-state index contributed by atoms with van der Waals surface area (Å²) in [5.41, 5.74) is 1.73. The van der Waals surface area contributed by atoms with Gasteiger partial charge in [-0.2, -0.15) is 9.78 Å². The Labute approximate surface area is 165 Å². The Morgan fingerprint density at radius 1 is 1.07 bits per heavy atom. The smallest absolute Gasteiger partial charge is 0.342 e. The van der Waals surface area contributed by atoms with Gasteiger partial charge in [0, 0.05) is 12.1 Å². The lowest BCUT2D eigenvalue weighted by Crippen LogP contribution is -2.28. The molecule has 0 aliphatic heterocycles. The lowest BCUT2D eigenvalue weighted by atomic mass is 10.1. The zero-order valence-electron chi connectivity index (χ0n) is 15.5. The molecule has 4 rings (SSSR count). The van der Waals surface area contributed by atoms with E-state index in [9.17, 15) is 13.6 Å². The van der Waals surface area contributed by atoms with Crippen LogP contribution in [0, 0.1) is 11.6 Å². The molecular weight excluding hydrogens is 376 g/mol.